The first-order valence-corrected chi connectivity index (χ1v) is 11.7. The van der Waals surface area contributed by atoms with Gasteiger partial charge in [0, 0.05) is 16.0 Å². The maximum atomic E-state index is 13.1. The van der Waals surface area contributed by atoms with E-state index in [4.69, 9.17) is 39.9 Å². The van der Waals surface area contributed by atoms with E-state index in [0.29, 0.717) is 33.1 Å². The molecule has 0 radical (unpaired) electrons. The fraction of sp³-hybridized carbons (Fsp3) is 0.391. The van der Waals surface area contributed by atoms with E-state index in [1.807, 2.05) is 42.3 Å². The first kappa shape index (κ1) is 25.6. The Morgan fingerprint density at radius 1 is 1.03 bits per heavy atom. The molecular weight excluding hydrogens is 582 g/mol. The molecule has 1 N–H and O–H groups in total. The molecule has 9 heteroatoms. The second kappa shape index (κ2) is 11.4. The minimum Gasteiger partial charge on any atom is -0.338 e. The van der Waals surface area contributed by atoms with Crippen LogP contribution in [0.25, 0.3) is 0 Å². The van der Waals surface area contributed by atoms with Gasteiger partial charge in [-0.25, -0.2) is 0 Å². The van der Waals surface area contributed by atoms with Crippen molar-refractivity contribution < 1.29 is 4.79 Å². The van der Waals surface area contributed by atoms with Crippen molar-refractivity contribution in [3.63, 3.8) is 0 Å². The second-order valence-electron chi connectivity index (χ2n) is 8.05. The summed E-state index contributed by atoms with van der Waals surface area (Å²) in [5.74, 6) is -0.293. The Balaban J connectivity index is 0.00000289. The largest absolute Gasteiger partial charge is 0.338 e. The number of amides is 1. The van der Waals surface area contributed by atoms with Gasteiger partial charge in [-0.15, -0.1) is 24.0 Å². The molecule has 2 aromatic rings. The molecule has 2 aliphatic rings. The third-order valence-electron chi connectivity index (χ3n) is 5.90. The van der Waals surface area contributed by atoms with Crippen LogP contribution in [-0.4, -0.2) is 36.3 Å². The number of nitrogens with one attached hydrogen (secondary N) is 1. The van der Waals surface area contributed by atoms with Crippen LogP contribution in [-0.2, 0) is 4.79 Å². The van der Waals surface area contributed by atoms with E-state index in [1.165, 1.54) is 19.3 Å². The van der Waals surface area contributed by atoms with Crippen molar-refractivity contribution in [2.45, 2.75) is 32.2 Å². The monoisotopic (exact) mass is 606 g/mol. The van der Waals surface area contributed by atoms with Crippen LogP contribution in [0.1, 0.15) is 37.8 Å². The fourth-order valence-electron chi connectivity index (χ4n) is 4.24. The van der Waals surface area contributed by atoms with Gasteiger partial charge in [-0.05, 0) is 61.8 Å². The van der Waals surface area contributed by atoms with Crippen molar-refractivity contribution in [3.8, 4) is 0 Å². The van der Waals surface area contributed by atoms with Crippen LogP contribution in [0.5, 0.6) is 0 Å². The molecule has 0 spiro atoms. The highest BCUT2D eigenvalue weighted by atomic mass is 127. The zero-order valence-corrected chi connectivity index (χ0v) is 22.3. The summed E-state index contributed by atoms with van der Waals surface area (Å²) in [6.45, 7) is 4.59. The molecule has 32 heavy (non-hydrogen) atoms. The van der Waals surface area contributed by atoms with Crippen molar-refractivity contribution in [2.24, 2.45) is 11.0 Å². The van der Waals surface area contributed by atoms with Crippen LogP contribution in [0.15, 0.2) is 47.6 Å². The quantitative estimate of drug-likeness (QED) is 0.402. The van der Waals surface area contributed by atoms with Crippen molar-refractivity contribution in [1.29, 1.82) is 0 Å². The second-order valence-corrected chi connectivity index (χ2v) is 9.33. The predicted octanol–water partition coefficient (Wildman–Crippen LogP) is 6.38. The summed E-state index contributed by atoms with van der Waals surface area (Å²) in [7, 11) is 0. The lowest BCUT2D eigenvalue weighted by molar-refractivity contribution is -0.115. The molecule has 1 amide bonds. The summed E-state index contributed by atoms with van der Waals surface area (Å²) >= 11 is 18.7. The molecule has 2 unspecified atom stereocenters. The van der Waals surface area contributed by atoms with Crippen LogP contribution < -0.4 is 10.3 Å². The number of hydrazone groups is 1. The van der Waals surface area contributed by atoms with E-state index >= 15 is 0 Å². The Morgan fingerprint density at radius 2 is 1.69 bits per heavy atom. The molecule has 2 aliphatic heterocycles. The van der Waals surface area contributed by atoms with Crippen molar-refractivity contribution in [2.75, 3.05) is 24.8 Å². The molecule has 2 heterocycles. The van der Waals surface area contributed by atoms with Gasteiger partial charge in [0.25, 0.3) is 5.91 Å². The summed E-state index contributed by atoms with van der Waals surface area (Å²) in [6.07, 6.45) is 3.61. The van der Waals surface area contributed by atoms with Gasteiger partial charge in [0.15, 0.2) is 0 Å². The summed E-state index contributed by atoms with van der Waals surface area (Å²) < 4.78 is 0. The fourth-order valence-corrected chi connectivity index (χ4v) is 4.86. The van der Waals surface area contributed by atoms with Gasteiger partial charge in [0.1, 0.15) is 5.71 Å². The van der Waals surface area contributed by atoms with Gasteiger partial charge in [-0.2, -0.15) is 5.10 Å². The minimum absolute atomic E-state index is 0. The number of carbonyl (C=O) groups excluding carboxylic acids is 1. The Bertz CT molecular complexity index is 980. The minimum atomic E-state index is -0.188. The Morgan fingerprint density at radius 3 is 2.34 bits per heavy atom. The van der Waals surface area contributed by atoms with Crippen LogP contribution in [0.4, 0.5) is 5.69 Å². The summed E-state index contributed by atoms with van der Waals surface area (Å²) in [4.78, 5) is 15.3. The highest BCUT2D eigenvalue weighted by molar-refractivity contribution is 14.0. The normalized spacial score (nSPS) is 21.1. The van der Waals surface area contributed by atoms with Crippen LogP contribution >= 0.6 is 58.8 Å². The third kappa shape index (κ3) is 5.70. The lowest BCUT2D eigenvalue weighted by Crippen LogP contribution is -2.43. The van der Waals surface area contributed by atoms with Crippen LogP contribution in [0.3, 0.4) is 0 Å². The zero-order valence-electron chi connectivity index (χ0n) is 17.7. The molecule has 0 aromatic heterocycles. The van der Waals surface area contributed by atoms with E-state index in [-0.39, 0.29) is 41.8 Å². The average Bonchev–Trinajstić information content (AvgIpc) is 3.10. The number of likely N-dealkylation sites (tertiary alicyclic amines) is 1. The van der Waals surface area contributed by atoms with Gasteiger partial charge < -0.3 is 5.32 Å². The Hall–Kier alpha value is -1.06. The molecule has 2 aromatic carbocycles. The molecular formula is C23H26Cl3IN4O. The average molecular weight is 608 g/mol. The van der Waals surface area contributed by atoms with Gasteiger partial charge >= 0.3 is 0 Å². The SMILES string of the molecule is CC1C(C(=O)NCN2CCCCC2)=NN(c2ccc(Cl)cc2Cl)C1c1ccc(Cl)cc1.I. The Kier molecular flexibility index (Phi) is 9.09. The topological polar surface area (TPSA) is 47.9 Å². The molecule has 4 rings (SSSR count). The number of piperidine rings is 1. The molecule has 172 valence electrons. The molecule has 2 atom stereocenters. The van der Waals surface area contributed by atoms with Gasteiger partial charge in [0.2, 0.25) is 0 Å². The van der Waals surface area contributed by atoms with E-state index in [1.54, 1.807) is 12.1 Å². The number of benzene rings is 2. The predicted molar refractivity (Wildman–Crippen MR) is 144 cm³/mol. The maximum Gasteiger partial charge on any atom is 0.268 e. The molecule has 5 nitrogen and oxygen atoms in total. The molecule has 0 bridgehead atoms. The number of halogens is 4. The molecule has 0 saturated carbocycles. The van der Waals surface area contributed by atoms with Crippen molar-refractivity contribution in [1.82, 2.24) is 10.2 Å². The lowest BCUT2D eigenvalue weighted by atomic mass is 9.91. The standard InChI is InChI=1S/C23H25Cl3N4O.HI/c1-15-21(23(31)27-14-29-11-3-2-4-12-29)28-30(20-10-9-18(25)13-19(20)26)22(15)16-5-7-17(24)8-6-16;/h5-10,13,15,22H,2-4,11-12,14H2,1H3,(H,27,31);1H. The van der Waals surface area contributed by atoms with Gasteiger partial charge in [-0.3, -0.25) is 14.7 Å². The maximum absolute atomic E-state index is 13.1. The molecule has 1 fully saturated rings. The Labute approximate surface area is 221 Å². The number of anilines is 1. The van der Waals surface area contributed by atoms with E-state index in [2.05, 4.69) is 10.2 Å². The highest BCUT2D eigenvalue weighted by Crippen LogP contribution is 2.42. The first-order valence-electron chi connectivity index (χ1n) is 10.5. The highest BCUT2D eigenvalue weighted by Gasteiger charge is 2.40. The molecule has 1 saturated heterocycles. The summed E-state index contributed by atoms with van der Waals surface area (Å²) in [6, 6.07) is 12.7. The van der Waals surface area contributed by atoms with Crippen LogP contribution in [0.2, 0.25) is 15.1 Å². The van der Waals surface area contributed by atoms with E-state index in [9.17, 15) is 4.79 Å². The van der Waals surface area contributed by atoms with Gasteiger partial charge in [-0.1, -0.05) is 60.3 Å². The van der Waals surface area contributed by atoms with Crippen LogP contribution in [0, 0.1) is 5.92 Å². The number of hydrogen-bond acceptors (Lipinski definition) is 4. The first-order chi connectivity index (χ1) is 14.9. The summed E-state index contributed by atoms with van der Waals surface area (Å²) in [5.41, 5.74) is 2.20. The zero-order chi connectivity index (χ0) is 22.0. The smallest absolute Gasteiger partial charge is 0.268 e. The lowest BCUT2D eigenvalue weighted by Gasteiger charge is -2.28. The van der Waals surface area contributed by atoms with Crippen molar-refractivity contribution in [3.05, 3.63) is 63.1 Å². The number of nitrogens with zero attached hydrogens (tertiary/aromatic N) is 3. The summed E-state index contributed by atoms with van der Waals surface area (Å²) in [5, 5.41) is 11.3. The van der Waals surface area contributed by atoms with Crippen molar-refractivity contribution >= 4 is 76.1 Å². The number of carbonyl (C=O) groups is 1. The van der Waals surface area contributed by atoms with E-state index in [0.717, 1.165) is 18.7 Å². The third-order valence-corrected chi connectivity index (χ3v) is 6.69. The van der Waals surface area contributed by atoms with Gasteiger partial charge in [0.05, 0.1) is 23.4 Å². The number of rotatable bonds is 5. The molecule has 0 aliphatic carbocycles. The van der Waals surface area contributed by atoms with E-state index < -0.39 is 0 Å². The number of hydrogen-bond donors (Lipinski definition) is 1.